The second-order valence-corrected chi connectivity index (χ2v) is 8.14. The predicted octanol–water partition coefficient (Wildman–Crippen LogP) is 5.02. The summed E-state index contributed by atoms with van der Waals surface area (Å²) in [5.74, 6) is -0.711. The lowest BCUT2D eigenvalue weighted by Crippen LogP contribution is -2.37. The van der Waals surface area contributed by atoms with Gasteiger partial charge in [0.15, 0.2) is 5.76 Å². The number of fused-ring (bicyclic) bond motifs is 3. The average Bonchev–Trinajstić information content (AvgIpc) is 2.98. The van der Waals surface area contributed by atoms with Gasteiger partial charge in [-0.25, -0.2) is 4.39 Å². The van der Waals surface area contributed by atoms with E-state index in [9.17, 15) is 14.0 Å². The van der Waals surface area contributed by atoms with Crippen molar-refractivity contribution in [1.82, 2.24) is 9.80 Å². The van der Waals surface area contributed by atoms with E-state index in [4.69, 9.17) is 4.42 Å². The fourth-order valence-corrected chi connectivity index (χ4v) is 4.43. The van der Waals surface area contributed by atoms with Crippen LogP contribution < -0.4 is 0 Å². The zero-order chi connectivity index (χ0) is 22.2. The molecule has 5 nitrogen and oxygen atoms in total. The van der Waals surface area contributed by atoms with Crippen LogP contribution in [0, 0.1) is 12.7 Å². The van der Waals surface area contributed by atoms with Crippen LogP contribution in [-0.2, 0) is 0 Å². The highest BCUT2D eigenvalue weighted by Crippen LogP contribution is 2.32. The molecule has 4 aromatic rings. The van der Waals surface area contributed by atoms with Crippen LogP contribution in [0.4, 0.5) is 4.39 Å². The number of rotatable bonds is 2. The van der Waals surface area contributed by atoms with Crippen LogP contribution in [0.25, 0.3) is 21.7 Å². The second kappa shape index (κ2) is 8.11. The van der Waals surface area contributed by atoms with Gasteiger partial charge in [0.2, 0.25) is 0 Å². The topological polar surface area (TPSA) is 53.8 Å². The van der Waals surface area contributed by atoms with Gasteiger partial charge in [-0.05, 0) is 30.9 Å². The number of hydrogen-bond donors (Lipinski definition) is 0. The number of carbonyl (C=O) groups is 2. The minimum absolute atomic E-state index is 0.0623. The Morgan fingerprint density at radius 2 is 1.50 bits per heavy atom. The van der Waals surface area contributed by atoms with Gasteiger partial charge in [0.1, 0.15) is 11.4 Å². The van der Waals surface area contributed by atoms with Gasteiger partial charge in [0.05, 0.1) is 5.56 Å². The molecule has 1 saturated heterocycles. The van der Waals surface area contributed by atoms with Crippen LogP contribution in [0.1, 0.15) is 32.9 Å². The molecule has 0 saturated carbocycles. The van der Waals surface area contributed by atoms with Gasteiger partial charge in [-0.1, -0.05) is 48.5 Å². The van der Waals surface area contributed by atoms with Crippen molar-refractivity contribution >= 4 is 33.6 Å². The first-order valence-corrected chi connectivity index (χ1v) is 10.8. The molecule has 0 spiro atoms. The number of furan rings is 1. The molecule has 1 aliphatic rings. The normalized spacial score (nSPS) is 14.7. The molecule has 5 rings (SSSR count). The van der Waals surface area contributed by atoms with Crippen molar-refractivity contribution in [3.63, 3.8) is 0 Å². The molecule has 6 heteroatoms. The summed E-state index contributed by atoms with van der Waals surface area (Å²) >= 11 is 0. The van der Waals surface area contributed by atoms with E-state index >= 15 is 0 Å². The third-order valence-electron chi connectivity index (χ3n) is 6.20. The number of carbonyl (C=O) groups excluding carboxylic acids is 2. The summed E-state index contributed by atoms with van der Waals surface area (Å²) in [6.45, 7) is 3.61. The zero-order valence-electron chi connectivity index (χ0n) is 17.8. The zero-order valence-corrected chi connectivity index (χ0v) is 17.8. The highest BCUT2D eigenvalue weighted by Gasteiger charge is 2.28. The van der Waals surface area contributed by atoms with Crippen LogP contribution in [0.3, 0.4) is 0 Å². The Balaban J connectivity index is 1.39. The summed E-state index contributed by atoms with van der Waals surface area (Å²) in [6, 6.07) is 18.0. The van der Waals surface area contributed by atoms with Crippen LogP contribution in [0.5, 0.6) is 0 Å². The third kappa shape index (κ3) is 3.42. The summed E-state index contributed by atoms with van der Waals surface area (Å²) in [5.41, 5.74) is 1.60. The minimum Gasteiger partial charge on any atom is -0.450 e. The maximum absolute atomic E-state index is 14.1. The lowest BCUT2D eigenvalue weighted by molar-refractivity contribution is 0.0699. The van der Waals surface area contributed by atoms with Gasteiger partial charge in [-0.3, -0.25) is 9.59 Å². The molecule has 2 amide bonds. The Morgan fingerprint density at radius 1 is 0.812 bits per heavy atom. The molecule has 32 heavy (non-hydrogen) atoms. The van der Waals surface area contributed by atoms with Crippen molar-refractivity contribution in [2.45, 2.75) is 13.3 Å². The highest BCUT2D eigenvalue weighted by atomic mass is 19.1. The molecule has 0 bridgehead atoms. The number of aryl methyl sites for hydroxylation is 1. The molecular weight excluding hydrogens is 407 g/mol. The second-order valence-electron chi connectivity index (χ2n) is 8.14. The van der Waals surface area contributed by atoms with Crippen molar-refractivity contribution in [3.05, 3.63) is 83.4 Å². The number of amides is 2. The first kappa shape index (κ1) is 20.2. The van der Waals surface area contributed by atoms with Crippen LogP contribution in [0.2, 0.25) is 0 Å². The fraction of sp³-hybridized carbons (Fsp3) is 0.231. The third-order valence-corrected chi connectivity index (χ3v) is 6.20. The quantitative estimate of drug-likeness (QED) is 0.449. The Morgan fingerprint density at radius 3 is 2.28 bits per heavy atom. The molecule has 0 radical (unpaired) electrons. The summed E-state index contributed by atoms with van der Waals surface area (Å²) in [4.78, 5) is 29.5. The molecule has 0 aliphatic carbocycles. The standard InChI is InChI=1S/C26H23FN2O3/c1-17-19-12-11-18-7-2-3-8-20(18)24(19)32-23(17)26(31)29-14-6-13-28(15-16-29)25(30)21-9-4-5-10-22(21)27/h2-5,7-12H,6,13-16H2,1H3. The number of benzene rings is 3. The lowest BCUT2D eigenvalue weighted by atomic mass is 10.1. The van der Waals surface area contributed by atoms with E-state index in [1.807, 2.05) is 43.3 Å². The van der Waals surface area contributed by atoms with E-state index < -0.39 is 5.82 Å². The van der Waals surface area contributed by atoms with Gasteiger partial charge >= 0.3 is 0 Å². The van der Waals surface area contributed by atoms with E-state index in [0.29, 0.717) is 38.4 Å². The van der Waals surface area contributed by atoms with Crippen LogP contribution in [0.15, 0.2) is 65.1 Å². The number of nitrogens with zero attached hydrogens (tertiary/aromatic N) is 2. The minimum atomic E-state index is -0.528. The van der Waals surface area contributed by atoms with Gasteiger partial charge < -0.3 is 14.2 Å². The lowest BCUT2D eigenvalue weighted by Gasteiger charge is -2.22. The molecule has 2 heterocycles. The summed E-state index contributed by atoms with van der Waals surface area (Å²) in [6.07, 6.45) is 0.619. The Bertz CT molecular complexity index is 1340. The van der Waals surface area contributed by atoms with E-state index in [1.54, 1.807) is 21.9 Å². The highest BCUT2D eigenvalue weighted by molar-refractivity contribution is 6.08. The summed E-state index contributed by atoms with van der Waals surface area (Å²) in [5, 5.41) is 2.97. The molecular formula is C26H23FN2O3. The van der Waals surface area contributed by atoms with Crippen LogP contribution >= 0.6 is 0 Å². The molecule has 0 unspecified atom stereocenters. The molecule has 0 atom stereocenters. The number of hydrogen-bond acceptors (Lipinski definition) is 3. The molecule has 1 aliphatic heterocycles. The summed E-state index contributed by atoms with van der Waals surface area (Å²) < 4.78 is 20.2. The first-order chi connectivity index (χ1) is 15.5. The average molecular weight is 430 g/mol. The Labute approximate surface area is 185 Å². The van der Waals surface area contributed by atoms with E-state index in [0.717, 1.165) is 27.3 Å². The maximum atomic E-state index is 14.1. The molecule has 0 N–H and O–H groups in total. The van der Waals surface area contributed by atoms with Crippen LogP contribution in [-0.4, -0.2) is 47.8 Å². The van der Waals surface area contributed by atoms with Crippen molar-refractivity contribution in [2.24, 2.45) is 0 Å². The maximum Gasteiger partial charge on any atom is 0.289 e. The first-order valence-electron chi connectivity index (χ1n) is 10.8. The largest absolute Gasteiger partial charge is 0.450 e. The van der Waals surface area contributed by atoms with Gasteiger partial charge in [-0.15, -0.1) is 0 Å². The molecule has 162 valence electrons. The van der Waals surface area contributed by atoms with Gasteiger partial charge in [0.25, 0.3) is 11.8 Å². The van der Waals surface area contributed by atoms with Gasteiger partial charge in [-0.2, -0.15) is 0 Å². The Kier molecular flexibility index (Phi) is 5.13. The van der Waals surface area contributed by atoms with Crippen molar-refractivity contribution in [2.75, 3.05) is 26.2 Å². The Hall–Kier alpha value is -3.67. The SMILES string of the molecule is Cc1c(C(=O)N2CCCN(C(=O)c3ccccc3F)CC2)oc2c1ccc1ccccc12. The van der Waals surface area contributed by atoms with E-state index in [1.165, 1.54) is 12.1 Å². The van der Waals surface area contributed by atoms with Crippen molar-refractivity contribution < 1.29 is 18.4 Å². The van der Waals surface area contributed by atoms with E-state index in [2.05, 4.69) is 0 Å². The van der Waals surface area contributed by atoms with E-state index in [-0.39, 0.29) is 17.4 Å². The molecule has 3 aromatic carbocycles. The number of halogens is 1. The van der Waals surface area contributed by atoms with Crippen molar-refractivity contribution in [3.8, 4) is 0 Å². The van der Waals surface area contributed by atoms with Crippen molar-refractivity contribution in [1.29, 1.82) is 0 Å². The fourth-order valence-electron chi connectivity index (χ4n) is 4.43. The van der Waals surface area contributed by atoms with Gasteiger partial charge in [0, 0.05) is 42.5 Å². The monoisotopic (exact) mass is 430 g/mol. The predicted molar refractivity (Wildman–Crippen MR) is 121 cm³/mol. The smallest absolute Gasteiger partial charge is 0.289 e. The molecule has 1 fully saturated rings. The summed E-state index contributed by atoms with van der Waals surface area (Å²) in [7, 11) is 0. The molecule has 1 aromatic heterocycles.